The SMILES string of the molecule is Cc1cnn(-c2nc(NN)nc(C)c2[N+](=O)[O-])c1. The molecule has 18 heavy (non-hydrogen) atoms. The highest BCUT2D eigenvalue weighted by molar-refractivity contribution is 5.52. The summed E-state index contributed by atoms with van der Waals surface area (Å²) < 4.78 is 1.32. The second-order valence-electron chi connectivity index (χ2n) is 3.67. The van der Waals surface area contributed by atoms with Crippen LogP contribution in [0.5, 0.6) is 0 Å². The summed E-state index contributed by atoms with van der Waals surface area (Å²) in [6.07, 6.45) is 3.21. The van der Waals surface area contributed by atoms with Crippen LogP contribution < -0.4 is 11.3 Å². The Hall–Kier alpha value is -2.55. The van der Waals surface area contributed by atoms with E-state index in [1.165, 1.54) is 11.6 Å². The van der Waals surface area contributed by atoms with E-state index in [4.69, 9.17) is 5.84 Å². The molecule has 2 aromatic rings. The third kappa shape index (κ3) is 1.98. The van der Waals surface area contributed by atoms with E-state index in [0.29, 0.717) is 0 Å². The normalized spacial score (nSPS) is 10.4. The molecule has 2 aromatic heterocycles. The summed E-state index contributed by atoms with van der Waals surface area (Å²) in [5, 5.41) is 15.1. The van der Waals surface area contributed by atoms with Crippen molar-refractivity contribution in [2.75, 3.05) is 5.43 Å². The smallest absolute Gasteiger partial charge is 0.292 e. The number of nitrogens with two attached hydrogens (primary N) is 1. The van der Waals surface area contributed by atoms with Crippen molar-refractivity contribution in [1.29, 1.82) is 0 Å². The van der Waals surface area contributed by atoms with Crippen LogP contribution in [0.15, 0.2) is 12.4 Å². The number of hydrogen-bond acceptors (Lipinski definition) is 7. The zero-order valence-corrected chi connectivity index (χ0v) is 9.78. The topological polar surface area (TPSA) is 125 Å². The molecule has 0 saturated heterocycles. The summed E-state index contributed by atoms with van der Waals surface area (Å²) in [6, 6.07) is 0. The third-order valence-electron chi connectivity index (χ3n) is 2.28. The van der Waals surface area contributed by atoms with Crippen LogP contribution in [0.3, 0.4) is 0 Å². The van der Waals surface area contributed by atoms with Gasteiger partial charge in [-0.15, -0.1) is 0 Å². The highest BCUT2D eigenvalue weighted by Crippen LogP contribution is 2.24. The maximum atomic E-state index is 11.1. The minimum atomic E-state index is -0.540. The van der Waals surface area contributed by atoms with Gasteiger partial charge in [0.2, 0.25) is 11.8 Å². The first-order valence-corrected chi connectivity index (χ1v) is 5.04. The van der Waals surface area contributed by atoms with Crippen molar-refractivity contribution in [3.8, 4) is 5.82 Å². The zero-order chi connectivity index (χ0) is 13.3. The highest BCUT2D eigenvalue weighted by atomic mass is 16.6. The minimum Gasteiger partial charge on any atom is -0.292 e. The van der Waals surface area contributed by atoms with Gasteiger partial charge in [-0.05, 0) is 19.4 Å². The number of hydrogen-bond donors (Lipinski definition) is 2. The van der Waals surface area contributed by atoms with E-state index >= 15 is 0 Å². The van der Waals surface area contributed by atoms with Gasteiger partial charge in [-0.3, -0.25) is 15.5 Å². The number of rotatable bonds is 3. The number of nitrogen functional groups attached to an aromatic ring is 1. The fourth-order valence-electron chi connectivity index (χ4n) is 1.52. The fourth-order valence-corrected chi connectivity index (χ4v) is 1.52. The predicted molar refractivity (Wildman–Crippen MR) is 63.1 cm³/mol. The molecule has 0 bridgehead atoms. The molecule has 0 aliphatic rings. The van der Waals surface area contributed by atoms with Gasteiger partial charge < -0.3 is 0 Å². The van der Waals surface area contributed by atoms with Crippen molar-refractivity contribution in [1.82, 2.24) is 19.7 Å². The van der Waals surface area contributed by atoms with Crippen molar-refractivity contribution < 1.29 is 4.92 Å². The molecule has 94 valence electrons. The van der Waals surface area contributed by atoms with Crippen LogP contribution in [-0.2, 0) is 0 Å². The van der Waals surface area contributed by atoms with Gasteiger partial charge in [0.15, 0.2) is 0 Å². The van der Waals surface area contributed by atoms with E-state index in [0.717, 1.165) is 5.56 Å². The lowest BCUT2D eigenvalue weighted by Gasteiger charge is -2.06. The highest BCUT2D eigenvalue weighted by Gasteiger charge is 2.23. The first kappa shape index (κ1) is 11.9. The second kappa shape index (κ2) is 4.37. The molecule has 0 unspecified atom stereocenters. The van der Waals surface area contributed by atoms with E-state index < -0.39 is 4.92 Å². The Balaban J connectivity index is 2.70. The standard InChI is InChI=1S/C9H11N7O2/c1-5-3-11-15(4-5)8-7(16(17)18)6(2)12-9(13-8)14-10/h3-4H,10H2,1-2H3,(H,12,13,14). The Kier molecular flexibility index (Phi) is 2.90. The molecule has 0 fully saturated rings. The van der Waals surface area contributed by atoms with Gasteiger partial charge in [0, 0.05) is 6.20 Å². The molecule has 0 spiro atoms. The Morgan fingerprint density at radius 2 is 2.17 bits per heavy atom. The van der Waals surface area contributed by atoms with Crippen molar-refractivity contribution in [3.05, 3.63) is 33.8 Å². The monoisotopic (exact) mass is 249 g/mol. The number of anilines is 1. The van der Waals surface area contributed by atoms with Crippen molar-refractivity contribution in [3.63, 3.8) is 0 Å². The van der Waals surface area contributed by atoms with Crippen LogP contribution in [0.4, 0.5) is 11.6 Å². The van der Waals surface area contributed by atoms with Crippen LogP contribution in [0.25, 0.3) is 5.82 Å². The zero-order valence-electron chi connectivity index (χ0n) is 9.78. The van der Waals surface area contributed by atoms with E-state index in [9.17, 15) is 10.1 Å². The summed E-state index contributed by atoms with van der Waals surface area (Å²) in [7, 11) is 0. The molecule has 0 saturated carbocycles. The van der Waals surface area contributed by atoms with E-state index in [1.54, 1.807) is 12.4 Å². The summed E-state index contributed by atoms with van der Waals surface area (Å²) in [4.78, 5) is 18.4. The molecule has 0 aromatic carbocycles. The third-order valence-corrected chi connectivity index (χ3v) is 2.28. The largest absolute Gasteiger partial charge is 0.334 e. The number of hydrazine groups is 1. The van der Waals surface area contributed by atoms with E-state index in [1.807, 2.05) is 6.92 Å². The average Bonchev–Trinajstić information content (AvgIpc) is 2.74. The average molecular weight is 249 g/mol. The van der Waals surface area contributed by atoms with Gasteiger partial charge in [0.25, 0.3) is 0 Å². The molecule has 2 rings (SSSR count). The Morgan fingerprint density at radius 3 is 2.67 bits per heavy atom. The number of nitro groups is 1. The molecule has 0 atom stereocenters. The van der Waals surface area contributed by atoms with Gasteiger partial charge in [-0.1, -0.05) is 0 Å². The van der Waals surface area contributed by atoms with Gasteiger partial charge in [0.1, 0.15) is 5.69 Å². The number of nitrogens with zero attached hydrogens (tertiary/aromatic N) is 5. The lowest BCUT2D eigenvalue weighted by Crippen LogP contribution is -2.15. The molecule has 9 nitrogen and oxygen atoms in total. The lowest BCUT2D eigenvalue weighted by molar-refractivity contribution is -0.385. The lowest BCUT2D eigenvalue weighted by atomic mass is 10.3. The molecule has 9 heteroatoms. The van der Waals surface area contributed by atoms with Gasteiger partial charge in [-0.2, -0.15) is 10.1 Å². The minimum absolute atomic E-state index is 0.0774. The summed E-state index contributed by atoms with van der Waals surface area (Å²) in [6.45, 7) is 3.34. The van der Waals surface area contributed by atoms with Crippen molar-refractivity contribution in [2.45, 2.75) is 13.8 Å². The maximum absolute atomic E-state index is 11.1. The van der Waals surface area contributed by atoms with Crippen molar-refractivity contribution in [2.24, 2.45) is 5.84 Å². The number of aromatic nitrogens is 4. The van der Waals surface area contributed by atoms with Gasteiger partial charge in [-0.25, -0.2) is 15.5 Å². The van der Waals surface area contributed by atoms with E-state index in [2.05, 4.69) is 20.5 Å². The van der Waals surface area contributed by atoms with Crippen LogP contribution in [-0.4, -0.2) is 24.7 Å². The van der Waals surface area contributed by atoms with Crippen LogP contribution in [0.2, 0.25) is 0 Å². The summed E-state index contributed by atoms with van der Waals surface area (Å²) in [5.41, 5.74) is 3.15. The second-order valence-corrected chi connectivity index (χ2v) is 3.67. The van der Waals surface area contributed by atoms with Gasteiger partial charge in [0.05, 0.1) is 11.1 Å². The summed E-state index contributed by atoms with van der Waals surface area (Å²) >= 11 is 0. The molecule has 2 heterocycles. The van der Waals surface area contributed by atoms with Crippen LogP contribution >= 0.6 is 0 Å². The Labute approximate surface area is 102 Å². The Morgan fingerprint density at radius 1 is 1.44 bits per heavy atom. The quantitative estimate of drug-likeness (QED) is 0.460. The Bertz CT molecular complexity index is 607. The molecule has 0 aliphatic heterocycles. The summed E-state index contributed by atoms with van der Waals surface area (Å²) in [5.74, 6) is 5.40. The van der Waals surface area contributed by atoms with E-state index in [-0.39, 0.29) is 23.1 Å². The number of aryl methyl sites for hydroxylation is 2. The van der Waals surface area contributed by atoms with Gasteiger partial charge >= 0.3 is 5.69 Å². The molecule has 0 radical (unpaired) electrons. The molecule has 3 N–H and O–H groups in total. The number of nitrogens with one attached hydrogen (secondary N) is 1. The maximum Gasteiger partial charge on any atom is 0.334 e. The molecule has 0 aliphatic carbocycles. The van der Waals surface area contributed by atoms with Crippen LogP contribution in [0.1, 0.15) is 11.3 Å². The fraction of sp³-hybridized carbons (Fsp3) is 0.222. The predicted octanol–water partition coefficient (Wildman–Crippen LogP) is 0.473. The van der Waals surface area contributed by atoms with Crippen molar-refractivity contribution >= 4 is 11.6 Å². The molecule has 0 amide bonds. The first-order chi connectivity index (χ1) is 8.52. The first-order valence-electron chi connectivity index (χ1n) is 5.04. The van der Waals surface area contributed by atoms with Crippen LogP contribution in [0, 0.1) is 24.0 Å². The molecular formula is C9H11N7O2. The molecular weight excluding hydrogens is 238 g/mol.